The number of hydrogen-bond acceptors (Lipinski definition) is 0. The third kappa shape index (κ3) is 7.67. The first kappa shape index (κ1) is 16.6. The summed E-state index contributed by atoms with van der Waals surface area (Å²) in [5, 5.41) is 0. The fourth-order valence-corrected chi connectivity index (χ4v) is 2.91. The van der Waals surface area contributed by atoms with E-state index in [1.807, 2.05) is 0 Å². The van der Waals surface area contributed by atoms with Gasteiger partial charge in [0.2, 0.25) is 0 Å². The highest BCUT2D eigenvalue weighted by atomic mass is 79.9. The molecule has 1 heteroatoms. The fraction of sp³-hybridized carbons (Fsp3) is 0.611. The Morgan fingerprint density at radius 2 is 1.63 bits per heavy atom. The SMILES string of the molecule is CCCCC[CH+]c1cc(Br)cc(CCCCCC)c1. The summed E-state index contributed by atoms with van der Waals surface area (Å²) in [6, 6.07) is 6.87. The van der Waals surface area contributed by atoms with Crippen LogP contribution >= 0.6 is 15.9 Å². The lowest BCUT2D eigenvalue weighted by Gasteiger charge is -2.01. The molecule has 0 radical (unpaired) electrons. The van der Waals surface area contributed by atoms with Crippen molar-refractivity contribution < 1.29 is 0 Å². The minimum Gasteiger partial charge on any atom is -0.0654 e. The van der Waals surface area contributed by atoms with E-state index in [1.54, 1.807) is 0 Å². The molecule has 0 aliphatic rings. The van der Waals surface area contributed by atoms with Gasteiger partial charge >= 0.3 is 0 Å². The summed E-state index contributed by atoms with van der Waals surface area (Å²) in [6.45, 7) is 4.52. The van der Waals surface area contributed by atoms with Crippen LogP contribution in [0.2, 0.25) is 0 Å². The number of aryl methyl sites for hydroxylation is 1. The van der Waals surface area contributed by atoms with E-state index in [-0.39, 0.29) is 0 Å². The zero-order valence-electron chi connectivity index (χ0n) is 12.6. The molecule has 0 heterocycles. The monoisotopic (exact) mass is 323 g/mol. The average Bonchev–Trinajstić information content (AvgIpc) is 2.39. The van der Waals surface area contributed by atoms with Crippen molar-refractivity contribution in [3.05, 3.63) is 40.2 Å². The van der Waals surface area contributed by atoms with E-state index in [0.717, 1.165) is 0 Å². The molecule has 1 rings (SSSR count). The molecule has 0 spiro atoms. The van der Waals surface area contributed by atoms with Crippen LogP contribution in [-0.2, 0) is 6.42 Å². The fourth-order valence-electron chi connectivity index (χ4n) is 2.36. The summed E-state index contributed by atoms with van der Waals surface area (Å²) >= 11 is 3.64. The largest absolute Gasteiger partial charge is 0.131 e. The van der Waals surface area contributed by atoms with Crippen molar-refractivity contribution in [2.24, 2.45) is 0 Å². The summed E-state index contributed by atoms with van der Waals surface area (Å²) in [5.74, 6) is 0. The van der Waals surface area contributed by atoms with E-state index in [1.165, 1.54) is 73.4 Å². The van der Waals surface area contributed by atoms with Crippen LogP contribution in [0.4, 0.5) is 0 Å². The quantitative estimate of drug-likeness (QED) is 0.331. The van der Waals surface area contributed by atoms with E-state index in [2.05, 4.69) is 54.4 Å². The zero-order chi connectivity index (χ0) is 13.9. The first-order valence-corrected chi connectivity index (χ1v) is 8.68. The molecule has 0 N–H and O–H groups in total. The summed E-state index contributed by atoms with van der Waals surface area (Å²) in [4.78, 5) is 0. The molecule has 0 saturated heterocycles. The molecule has 0 aliphatic carbocycles. The van der Waals surface area contributed by atoms with Crippen molar-refractivity contribution >= 4 is 15.9 Å². The van der Waals surface area contributed by atoms with Crippen molar-refractivity contribution in [2.45, 2.75) is 71.6 Å². The first-order chi connectivity index (χ1) is 9.26. The van der Waals surface area contributed by atoms with Crippen LogP contribution in [0.5, 0.6) is 0 Å². The second-order valence-corrected chi connectivity index (χ2v) is 6.32. The lowest BCUT2D eigenvalue weighted by Crippen LogP contribution is -1.90. The van der Waals surface area contributed by atoms with Crippen LogP contribution in [0.25, 0.3) is 0 Å². The second-order valence-electron chi connectivity index (χ2n) is 5.40. The van der Waals surface area contributed by atoms with Crippen LogP contribution in [0.1, 0.15) is 76.3 Å². The van der Waals surface area contributed by atoms with Crippen molar-refractivity contribution in [1.82, 2.24) is 0 Å². The Kier molecular flexibility index (Phi) is 9.07. The van der Waals surface area contributed by atoms with Gasteiger partial charge in [-0.25, -0.2) is 0 Å². The van der Waals surface area contributed by atoms with Crippen LogP contribution in [0.3, 0.4) is 0 Å². The molecular formula is C18H28Br+. The van der Waals surface area contributed by atoms with E-state index >= 15 is 0 Å². The van der Waals surface area contributed by atoms with Crippen LogP contribution < -0.4 is 0 Å². The maximum Gasteiger partial charge on any atom is 0.131 e. The standard InChI is InChI=1S/C18H28Br/c1-3-5-7-9-11-16-13-17(15-18(19)14-16)12-10-8-6-4-2/h11,13-15H,3-10,12H2,1-2H3/q+1. The minimum atomic E-state index is 1.21. The summed E-state index contributed by atoms with van der Waals surface area (Å²) in [6.07, 6.45) is 14.1. The molecule has 0 aliphatic heterocycles. The van der Waals surface area contributed by atoms with Gasteiger partial charge in [-0.05, 0) is 41.3 Å². The van der Waals surface area contributed by atoms with Gasteiger partial charge in [-0.1, -0.05) is 46.0 Å². The maximum absolute atomic E-state index is 3.64. The van der Waals surface area contributed by atoms with Crippen molar-refractivity contribution in [2.75, 3.05) is 0 Å². The first-order valence-electron chi connectivity index (χ1n) is 7.89. The maximum atomic E-state index is 3.64. The van der Waals surface area contributed by atoms with Gasteiger partial charge in [0.05, 0.1) is 10.5 Å². The Hall–Kier alpha value is -0.430. The highest BCUT2D eigenvalue weighted by Crippen LogP contribution is 2.20. The number of unbranched alkanes of at least 4 members (excludes halogenated alkanes) is 6. The Labute approximate surface area is 128 Å². The van der Waals surface area contributed by atoms with Gasteiger partial charge in [0.15, 0.2) is 0 Å². The number of halogens is 1. The van der Waals surface area contributed by atoms with Crippen LogP contribution in [0, 0.1) is 6.42 Å². The number of rotatable bonds is 10. The van der Waals surface area contributed by atoms with E-state index in [9.17, 15) is 0 Å². The van der Waals surface area contributed by atoms with E-state index < -0.39 is 0 Å². The molecule has 1 aromatic carbocycles. The van der Waals surface area contributed by atoms with Crippen molar-refractivity contribution in [1.29, 1.82) is 0 Å². The molecule has 0 fully saturated rings. The third-order valence-electron chi connectivity index (χ3n) is 3.49. The van der Waals surface area contributed by atoms with Gasteiger partial charge in [-0.3, -0.25) is 0 Å². The average molecular weight is 324 g/mol. The molecule has 0 atom stereocenters. The smallest absolute Gasteiger partial charge is 0.0654 e. The lowest BCUT2D eigenvalue weighted by molar-refractivity contribution is 0.666. The molecular weight excluding hydrogens is 296 g/mol. The summed E-state index contributed by atoms with van der Waals surface area (Å²) in [7, 11) is 0. The third-order valence-corrected chi connectivity index (χ3v) is 3.94. The van der Waals surface area contributed by atoms with Crippen molar-refractivity contribution in [3.63, 3.8) is 0 Å². The molecule has 19 heavy (non-hydrogen) atoms. The van der Waals surface area contributed by atoms with E-state index in [4.69, 9.17) is 0 Å². The zero-order valence-corrected chi connectivity index (χ0v) is 14.1. The van der Waals surface area contributed by atoms with Crippen LogP contribution in [0.15, 0.2) is 22.7 Å². The molecule has 1 aromatic rings. The normalized spacial score (nSPS) is 10.7. The molecule has 0 bridgehead atoms. The Balaban J connectivity index is 2.41. The molecule has 0 nitrogen and oxygen atoms in total. The summed E-state index contributed by atoms with van der Waals surface area (Å²) < 4.78 is 1.22. The van der Waals surface area contributed by atoms with Gasteiger partial charge < -0.3 is 0 Å². The van der Waals surface area contributed by atoms with Gasteiger partial charge in [0.25, 0.3) is 0 Å². The predicted octanol–water partition coefficient (Wildman–Crippen LogP) is 6.70. The Morgan fingerprint density at radius 1 is 0.895 bits per heavy atom. The van der Waals surface area contributed by atoms with Gasteiger partial charge in [0, 0.05) is 24.5 Å². The van der Waals surface area contributed by atoms with Crippen LogP contribution in [-0.4, -0.2) is 0 Å². The molecule has 0 unspecified atom stereocenters. The predicted molar refractivity (Wildman–Crippen MR) is 89.5 cm³/mol. The molecule has 0 aromatic heterocycles. The topological polar surface area (TPSA) is 0 Å². The van der Waals surface area contributed by atoms with Gasteiger partial charge in [-0.15, -0.1) is 0 Å². The van der Waals surface area contributed by atoms with Gasteiger partial charge in [-0.2, -0.15) is 0 Å². The van der Waals surface area contributed by atoms with E-state index in [0.29, 0.717) is 0 Å². The lowest BCUT2D eigenvalue weighted by atomic mass is 10.0. The Bertz CT molecular complexity index is 313. The Morgan fingerprint density at radius 3 is 2.37 bits per heavy atom. The van der Waals surface area contributed by atoms with Crippen molar-refractivity contribution in [3.8, 4) is 0 Å². The molecule has 106 valence electrons. The highest BCUT2D eigenvalue weighted by molar-refractivity contribution is 9.10. The second kappa shape index (κ2) is 10.4. The number of hydrogen-bond donors (Lipinski definition) is 0. The molecule has 0 saturated carbocycles. The summed E-state index contributed by atoms with van der Waals surface area (Å²) in [5.41, 5.74) is 2.86. The number of benzene rings is 1. The van der Waals surface area contributed by atoms with Gasteiger partial charge in [0.1, 0.15) is 5.56 Å². The molecule has 0 amide bonds. The minimum absolute atomic E-state index is 1.21. The highest BCUT2D eigenvalue weighted by Gasteiger charge is 2.07.